The SMILES string of the molecule is Cc1cc(NS(=O)(=O)c2ccc(-n3c(-c4cc(Br)ccc4O)nc(-c4ccccc4)c3-c3ccccc3)cc2)no1. The topological polar surface area (TPSA) is 110 Å². The van der Waals surface area contributed by atoms with Crippen molar-refractivity contribution in [3.8, 4) is 45.3 Å². The standard InChI is InChI=1S/C31H23BrN4O4S/c1-20-18-28(34-40-20)35-41(38,39)25-15-13-24(14-16-25)36-30(22-10-6-3-7-11-22)29(21-8-4-2-5-9-21)33-31(36)26-19-23(32)12-17-27(26)37/h2-19,37H,1H3,(H,34,35). The molecule has 0 spiro atoms. The molecule has 0 radical (unpaired) electrons. The monoisotopic (exact) mass is 626 g/mol. The summed E-state index contributed by atoms with van der Waals surface area (Å²) in [4.78, 5) is 5.12. The third kappa shape index (κ3) is 5.27. The average molecular weight is 628 g/mol. The maximum Gasteiger partial charge on any atom is 0.263 e. The van der Waals surface area contributed by atoms with Gasteiger partial charge < -0.3 is 9.63 Å². The van der Waals surface area contributed by atoms with Gasteiger partial charge in [0, 0.05) is 27.4 Å². The van der Waals surface area contributed by atoms with E-state index in [0.717, 1.165) is 21.3 Å². The minimum absolute atomic E-state index is 0.0541. The second-order valence-electron chi connectivity index (χ2n) is 9.28. The smallest absolute Gasteiger partial charge is 0.263 e. The number of benzene rings is 4. The van der Waals surface area contributed by atoms with Crippen molar-refractivity contribution in [2.75, 3.05) is 4.72 Å². The van der Waals surface area contributed by atoms with Gasteiger partial charge in [-0.3, -0.25) is 9.29 Å². The van der Waals surface area contributed by atoms with Gasteiger partial charge in [0.15, 0.2) is 5.82 Å². The molecule has 2 aromatic heterocycles. The number of anilines is 1. The van der Waals surface area contributed by atoms with Gasteiger partial charge >= 0.3 is 0 Å². The van der Waals surface area contributed by atoms with Gasteiger partial charge in [0.05, 0.1) is 21.8 Å². The summed E-state index contributed by atoms with van der Waals surface area (Å²) in [5.74, 6) is 1.15. The minimum Gasteiger partial charge on any atom is -0.507 e. The Morgan fingerprint density at radius 2 is 1.51 bits per heavy atom. The van der Waals surface area contributed by atoms with Gasteiger partial charge in [-0.15, -0.1) is 0 Å². The fourth-order valence-corrected chi connectivity index (χ4v) is 5.93. The van der Waals surface area contributed by atoms with Gasteiger partial charge in [-0.2, -0.15) is 0 Å². The first kappa shape index (κ1) is 26.5. The number of imidazole rings is 1. The van der Waals surface area contributed by atoms with E-state index in [1.807, 2.05) is 65.2 Å². The second kappa shape index (κ2) is 10.7. The van der Waals surface area contributed by atoms with Crippen LogP contribution >= 0.6 is 15.9 Å². The van der Waals surface area contributed by atoms with Crippen molar-refractivity contribution < 1.29 is 18.0 Å². The second-order valence-corrected chi connectivity index (χ2v) is 11.9. The number of hydrogen-bond acceptors (Lipinski definition) is 6. The Kier molecular flexibility index (Phi) is 6.94. The molecule has 0 saturated carbocycles. The first-order chi connectivity index (χ1) is 19.8. The van der Waals surface area contributed by atoms with Crippen LogP contribution in [0, 0.1) is 6.92 Å². The Bertz CT molecular complexity index is 1950. The summed E-state index contributed by atoms with van der Waals surface area (Å²) in [6.45, 7) is 1.68. The Morgan fingerprint density at radius 1 is 0.854 bits per heavy atom. The van der Waals surface area contributed by atoms with E-state index in [0.29, 0.717) is 28.5 Å². The lowest BCUT2D eigenvalue weighted by atomic mass is 10.0. The minimum atomic E-state index is -3.92. The number of aromatic hydroxyl groups is 1. The molecule has 0 saturated heterocycles. The zero-order valence-corrected chi connectivity index (χ0v) is 24.1. The maximum atomic E-state index is 13.1. The molecule has 0 fully saturated rings. The summed E-state index contributed by atoms with van der Waals surface area (Å²) < 4.78 is 36.2. The molecule has 10 heteroatoms. The van der Waals surface area contributed by atoms with E-state index in [-0.39, 0.29) is 16.5 Å². The number of nitrogens with one attached hydrogen (secondary N) is 1. The van der Waals surface area contributed by atoms with Gasteiger partial charge in [-0.1, -0.05) is 81.8 Å². The molecule has 4 aromatic carbocycles. The van der Waals surface area contributed by atoms with Crippen LogP contribution in [0.2, 0.25) is 0 Å². The number of sulfonamides is 1. The lowest BCUT2D eigenvalue weighted by Crippen LogP contribution is -2.13. The van der Waals surface area contributed by atoms with Crippen LogP contribution < -0.4 is 4.72 Å². The first-order valence-corrected chi connectivity index (χ1v) is 14.9. The van der Waals surface area contributed by atoms with Crippen LogP contribution in [0.15, 0.2) is 123 Å². The number of hydrogen-bond donors (Lipinski definition) is 2. The van der Waals surface area contributed by atoms with Crippen LogP contribution in [0.4, 0.5) is 5.82 Å². The number of aromatic nitrogens is 3. The predicted molar refractivity (Wildman–Crippen MR) is 161 cm³/mol. The van der Waals surface area contributed by atoms with Crippen LogP contribution in [-0.4, -0.2) is 28.2 Å². The van der Waals surface area contributed by atoms with Crippen molar-refractivity contribution in [3.05, 3.63) is 119 Å². The van der Waals surface area contributed by atoms with Crippen LogP contribution in [0.25, 0.3) is 39.6 Å². The summed E-state index contributed by atoms with van der Waals surface area (Å²) in [5, 5.41) is 14.6. The van der Waals surface area contributed by atoms with E-state index < -0.39 is 10.0 Å². The number of phenolic OH excluding ortho intramolecular Hbond substituents is 1. The Balaban J connectivity index is 1.57. The van der Waals surface area contributed by atoms with Crippen molar-refractivity contribution in [1.29, 1.82) is 0 Å². The van der Waals surface area contributed by atoms with E-state index in [1.165, 1.54) is 18.2 Å². The highest BCUT2D eigenvalue weighted by molar-refractivity contribution is 9.10. The third-order valence-electron chi connectivity index (χ3n) is 6.44. The lowest BCUT2D eigenvalue weighted by molar-refractivity contribution is 0.400. The van der Waals surface area contributed by atoms with Gasteiger partial charge in [0.25, 0.3) is 10.0 Å². The molecular formula is C31H23BrN4O4S. The summed E-state index contributed by atoms with van der Waals surface area (Å²) >= 11 is 3.52. The normalized spacial score (nSPS) is 11.5. The van der Waals surface area contributed by atoms with Gasteiger partial charge in [-0.05, 0) is 49.4 Å². The highest BCUT2D eigenvalue weighted by Gasteiger charge is 2.25. The summed E-state index contributed by atoms with van der Waals surface area (Å²) in [5.41, 5.74) is 4.47. The van der Waals surface area contributed by atoms with Crippen molar-refractivity contribution in [3.63, 3.8) is 0 Å². The van der Waals surface area contributed by atoms with E-state index in [1.54, 1.807) is 37.3 Å². The lowest BCUT2D eigenvalue weighted by Gasteiger charge is -2.15. The molecule has 0 aliphatic heterocycles. The fraction of sp³-hybridized carbons (Fsp3) is 0.0323. The number of aryl methyl sites for hydroxylation is 1. The first-order valence-electron chi connectivity index (χ1n) is 12.6. The summed E-state index contributed by atoms with van der Waals surface area (Å²) in [6.07, 6.45) is 0. The van der Waals surface area contributed by atoms with Crippen LogP contribution in [0.1, 0.15) is 5.76 Å². The molecule has 0 bridgehead atoms. The van der Waals surface area contributed by atoms with E-state index in [4.69, 9.17) is 9.51 Å². The molecule has 2 N–H and O–H groups in total. The molecule has 2 heterocycles. The molecule has 0 atom stereocenters. The third-order valence-corrected chi connectivity index (χ3v) is 8.31. The number of nitrogens with zero attached hydrogens (tertiary/aromatic N) is 3. The number of rotatable bonds is 7. The van der Waals surface area contributed by atoms with Gasteiger partial charge in [0.1, 0.15) is 17.3 Å². The predicted octanol–water partition coefficient (Wildman–Crippen LogP) is 7.44. The average Bonchev–Trinajstić information content (AvgIpc) is 3.58. The van der Waals surface area contributed by atoms with Crippen LogP contribution in [0.5, 0.6) is 5.75 Å². The summed E-state index contributed by atoms with van der Waals surface area (Å²) in [7, 11) is -3.92. The molecule has 41 heavy (non-hydrogen) atoms. The molecule has 6 rings (SSSR count). The molecule has 8 nitrogen and oxygen atoms in total. The number of halogens is 1. The quantitative estimate of drug-likeness (QED) is 0.190. The Labute approximate surface area is 245 Å². The molecule has 0 aliphatic rings. The highest BCUT2D eigenvalue weighted by Crippen LogP contribution is 2.41. The molecule has 6 aromatic rings. The molecular weight excluding hydrogens is 604 g/mol. The van der Waals surface area contributed by atoms with Gasteiger partial charge in [-0.25, -0.2) is 13.4 Å². The van der Waals surface area contributed by atoms with E-state index in [9.17, 15) is 13.5 Å². The molecule has 0 unspecified atom stereocenters. The zero-order chi connectivity index (χ0) is 28.6. The van der Waals surface area contributed by atoms with Crippen LogP contribution in [0.3, 0.4) is 0 Å². The Morgan fingerprint density at radius 3 is 2.15 bits per heavy atom. The van der Waals surface area contributed by atoms with Crippen molar-refractivity contribution in [2.45, 2.75) is 11.8 Å². The van der Waals surface area contributed by atoms with Crippen molar-refractivity contribution in [1.82, 2.24) is 14.7 Å². The van der Waals surface area contributed by atoms with E-state index >= 15 is 0 Å². The van der Waals surface area contributed by atoms with Gasteiger partial charge in [0.2, 0.25) is 0 Å². The fourth-order valence-electron chi connectivity index (χ4n) is 4.58. The largest absolute Gasteiger partial charge is 0.507 e. The maximum absolute atomic E-state index is 13.1. The van der Waals surface area contributed by atoms with E-state index in [2.05, 4.69) is 25.8 Å². The zero-order valence-electron chi connectivity index (χ0n) is 21.7. The van der Waals surface area contributed by atoms with Crippen molar-refractivity contribution in [2.24, 2.45) is 0 Å². The van der Waals surface area contributed by atoms with Crippen molar-refractivity contribution >= 4 is 31.8 Å². The highest BCUT2D eigenvalue weighted by atomic mass is 79.9. The summed E-state index contributed by atoms with van der Waals surface area (Å²) in [6, 6.07) is 32.8. The van der Waals surface area contributed by atoms with Crippen LogP contribution in [-0.2, 0) is 10.0 Å². The molecule has 0 amide bonds. The number of phenols is 1. The molecule has 0 aliphatic carbocycles. The Hall–Kier alpha value is -4.67. The molecule has 204 valence electrons.